The molecule has 0 saturated carbocycles. The van der Waals surface area contributed by atoms with Crippen LogP contribution >= 0.6 is 27.7 Å². The summed E-state index contributed by atoms with van der Waals surface area (Å²) in [7, 11) is 0. The fraction of sp³-hybridized carbons (Fsp3) is 0.0667. The minimum absolute atomic E-state index is 0.814. The van der Waals surface area contributed by atoms with E-state index in [4.69, 9.17) is 0 Å². The highest BCUT2D eigenvalue weighted by Crippen LogP contribution is 2.28. The Morgan fingerprint density at radius 3 is 2.80 bits per heavy atom. The fourth-order valence-corrected chi connectivity index (χ4v) is 2.92. The number of fused-ring (bicyclic) bond motifs is 1. The van der Waals surface area contributed by atoms with Crippen LogP contribution in [0.15, 0.2) is 58.2 Å². The highest BCUT2D eigenvalue weighted by molar-refractivity contribution is 9.10. The van der Waals surface area contributed by atoms with E-state index in [9.17, 15) is 0 Å². The molecule has 0 bridgehead atoms. The number of rotatable bonds is 3. The van der Waals surface area contributed by atoms with Crippen molar-refractivity contribution in [2.24, 2.45) is 0 Å². The largest absolute Gasteiger partial charge is 0.340 e. The number of para-hydroxylation sites is 1. The molecule has 1 aromatic heterocycles. The Morgan fingerprint density at radius 1 is 1.10 bits per heavy atom. The van der Waals surface area contributed by atoms with Crippen LogP contribution in [0.5, 0.6) is 0 Å². The number of hydrogen-bond acceptors (Lipinski definition) is 4. The molecule has 0 atom stereocenters. The quantitative estimate of drug-likeness (QED) is 0.688. The lowest BCUT2D eigenvalue weighted by Gasteiger charge is -2.09. The molecule has 0 radical (unpaired) electrons. The average molecular weight is 346 g/mol. The van der Waals surface area contributed by atoms with Crippen molar-refractivity contribution in [2.45, 2.75) is 4.90 Å². The van der Waals surface area contributed by atoms with Crippen LogP contribution in [0.2, 0.25) is 0 Å². The summed E-state index contributed by atoms with van der Waals surface area (Å²) in [4.78, 5) is 9.88. The molecule has 0 saturated heterocycles. The molecule has 1 N–H and O–H groups in total. The first-order valence-corrected chi connectivity index (χ1v) is 8.10. The van der Waals surface area contributed by atoms with Gasteiger partial charge in [-0.3, -0.25) is 0 Å². The maximum absolute atomic E-state index is 4.35. The zero-order chi connectivity index (χ0) is 13.9. The Hall–Kier alpha value is -1.59. The van der Waals surface area contributed by atoms with Gasteiger partial charge in [-0.2, -0.15) is 0 Å². The Bertz CT molecular complexity index is 761. The van der Waals surface area contributed by atoms with Gasteiger partial charge in [-0.1, -0.05) is 12.1 Å². The molecule has 100 valence electrons. The van der Waals surface area contributed by atoms with E-state index < -0.39 is 0 Å². The van der Waals surface area contributed by atoms with E-state index in [0.29, 0.717) is 0 Å². The van der Waals surface area contributed by atoms with Crippen molar-refractivity contribution >= 4 is 50.1 Å². The number of nitrogens with one attached hydrogen (secondary N) is 1. The summed E-state index contributed by atoms with van der Waals surface area (Å²) in [6.07, 6.45) is 3.64. The van der Waals surface area contributed by atoms with Gasteiger partial charge in [0.25, 0.3) is 0 Å². The second-order valence-electron chi connectivity index (χ2n) is 4.22. The van der Waals surface area contributed by atoms with Crippen LogP contribution in [0, 0.1) is 0 Å². The predicted octanol–water partition coefficient (Wildman–Crippen LogP) is 4.86. The Morgan fingerprint density at radius 2 is 1.95 bits per heavy atom. The van der Waals surface area contributed by atoms with Crippen LogP contribution < -0.4 is 5.32 Å². The Labute approximate surface area is 130 Å². The molecule has 3 rings (SSSR count). The fourth-order valence-electron chi connectivity index (χ4n) is 1.99. The van der Waals surface area contributed by atoms with Gasteiger partial charge in [0.15, 0.2) is 0 Å². The van der Waals surface area contributed by atoms with Crippen molar-refractivity contribution in [1.82, 2.24) is 9.97 Å². The standard InChI is InChI=1S/C15H12BrN3S/c1-20-11-5-2-4-10(8-11)19-15-12-6-3-7-13(16)14(12)17-9-18-15/h2-9H,1H3,(H,17,18,19). The monoisotopic (exact) mass is 345 g/mol. The van der Waals surface area contributed by atoms with Crippen molar-refractivity contribution in [1.29, 1.82) is 0 Å². The number of hydrogen-bond donors (Lipinski definition) is 1. The third-order valence-corrected chi connectivity index (χ3v) is 4.31. The smallest absolute Gasteiger partial charge is 0.141 e. The second-order valence-corrected chi connectivity index (χ2v) is 5.95. The number of halogens is 1. The first kappa shape index (κ1) is 13.4. The summed E-state index contributed by atoms with van der Waals surface area (Å²) in [5.74, 6) is 0.814. The van der Waals surface area contributed by atoms with E-state index in [0.717, 1.165) is 26.9 Å². The van der Waals surface area contributed by atoms with Gasteiger partial charge in [-0.25, -0.2) is 9.97 Å². The molecule has 0 unspecified atom stereocenters. The molecular weight excluding hydrogens is 334 g/mol. The Balaban J connectivity index is 2.04. The second kappa shape index (κ2) is 5.81. The molecular formula is C15H12BrN3S. The van der Waals surface area contributed by atoms with E-state index in [1.807, 2.05) is 30.3 Å². The maximum atomic E-state index is 4.35. The number of nitrogens with zero attached hydrogens (tertiary/aromatic N) is 2. The van der Waals surface area contributed by atoms with Crippen molar-refractivity contribution < 1.29 is 0 Å². The van der Waals surface area contributed by atoms with Crippen LogP contribution in [-0.4, -0.2) is 16.2 Å². The van der Waals surface area contributed by atoms with Gasteiger partial charge < -0.3 is 5.32 Å². The summed E-state index contributed by atoms with van der Waals surface area (Å²) in [5.41, 5.74) is 1.93. The first-order valence-electron chi connectivity index (χ1n) is 6.08. The highest BCUT2D eigenvalue weighted by Gasteiger charge is 2.06. The topological polar surface area (TPSA) is 37.8 Å². The first-order chi connectivity index (χ1) is 9.78. The third kappa shape index (κ3) is 2.64. The summed E-state index contributed by atoms with van der Waals surface area (Å²) in [6.45, 7) is 0. The molecule has 5 heteroatoms. The Kier molecular flexibility index (Phi) is 3.89. The van der Waals surface area contributed by atoms with Gasteiger partial charge in [-0.05, 0) is 52.5 Å². The van der Waals surface area contributed by atoms with E-state index in [1.54, 1.807) is 18.1 Å². The predicted molar refractivity (Wildman–Crippen MR) is 88.7 cm³/mol. The summed E-state index contributed by atoms with van der Waals surface area (Å²) in [6, 6.07) is 14.2. The van der Waals surface area contributed by atoms with Gasteiger partial charge in [0.1, 0.15) is 12.1 Å². The molecule has 3 aromatic rings. The molecule has 0 fully saturated rings. The molecule has 0 aliphatic carbocycles. The molecule has 0 aliphatic rings. The molecule has 0 aliphatic heterocycles. The normalized spacial score (nSPS) is 10.7. The molecule has 0 spiro atoms. The van der Waals surface area contributed by atoms with Gasteiger partial charge in [0.2, 0.25) is 0 Å². The third-order valence-electron chi connectivity index (χ3n) is 2.95. The number of benzene rings is 2. The van der Waals surface area contributed by atoms with Gasteiger partial charge in [0.05, 0.1) is 5.52 Å². The highest BCUT2D eigenvalue weighted by atomic mass is 79.9. The van der Waals surface area contributed by atoms with Gasteiger partial charge >= 0.3 is 0 Å². The number of aromatic nitrogens is 2. The lowest BCUT2D eigenvalue weighted by atomic mass is 10.2. The molecule has 1 heterocycles. The van der Waals surface area contributed by atoms with E-state index in [-0.39, 0.29) is 0 Å². The summed E-state index contributed by atoms with van der Waals surface area (Å²) >= 11 is 5.24. The van der Waals surface area contributed by atoms with Gasteiger partial charge in [-0.15, -0.1) is 11.8 Å². The minimum Gasteiger partial charge on any atom is -0.340 e. The van der Waals surface area contributed by atoms with Crippen LogP contribution in [0.1, 0.15) is 0 Å². The minimum atomic E-state index is 0.814. The van der Waals surface area contributed by atoms with Crippen LogP contribution in [-0.2, 0) is 0 Å². The number of anilines is 2. The van der Waals surface area contributed by atoms with Crippen LogP contribution in [0.25, 0.3) is 10.9 Å². The SMILES string of the molecule is CSc1cccc(Nc2ncnc3c(Br)cccc23)c1. The van der Waals surface area contributed by atoms with E-state index in [2.05, 4.69) is 49.6 Å². The van der Waals surface area contributed by atoms with Crippen molar-refractivity contribution in [2.75, 3.05) is 11.6 Å². The summed E-state index contributed by atoms with van der Waals surface area (Å²) in [5, 5.41) is 4.36. The van der Waals surface area contributed by atoms with Crippen molar-refractivity contribution in [3.05, 3.63) is 53.3 Å². The zero-order valence-electron chi connectivity index (χ0n) is 10.8. The zero-order valence-corrected chi connectivity index (χ0v) is 13.2. The maximum Gasteiger partial charge on any atom is 0.141 e. The molecule has 0 amide bonds. The molecule has 2 aromatic carbocycles. The van der Waals surface area contributed by atoms with Crippen LogP contribution in [0.4, 0.5) is 11.5 Å². The van der Waals surface area contributed by atoms with E-state index in [1.165, 1.54) is 4.90 Å². The molecule has 20 heavy (non-hydrogen) atoms. The summed E-state index contributed by atoms with van der Waals surface area (Å²) < 4.78 is 0.971. The van der Waals surface area contributed by atoms with E-state index >= 15 is 0 Å². The lowest BCUT2D eigenvalue weighted by molar-refractivity contribution is 1.21. The van der Waals surface area contributed by atoms with Crippen LogP contribution in [0.3, 0.4) is 0 Å². The average Bonchev–Trinajstić information content (AvgIpc) is 2.49. The van der Waals surface area contributed by atoms with Crippen molar-refractivity contribution in [3.8, 4) is 0 Å². The number of thioether (sulfide) groups is 1. The van der Waals surface area contributed by atoms with Gasteiger partial charge in [0, 0.05) is 20.4 Å². The lowest BCUT2D eigenvalue weighted by Crippen LogP contribution is -1.96. The molecule has 3 nitrogen and oxygen atoms in total. The van der Waals surface area contributed by atoms with Crippen molar-refractivity contribution in [3.63, 3.8) is 0 Å².